The number of rotatable bonds is 55. The Hall–Kier alpha value is -8.47. The van der Waals surface area contributed by atoms with Crippen LogP contribution in [0, 0.1) is 34.5 Å². The number of anilines is 1. The van der Waals surface area contributed by atoms with Crippen molar-refractivity contribution >= 4 is 69.9 Å². The van der Waals surface area contributed by atoms with Crippen LogP contribution in [0.15, 0.2) is 83.7 Å². The maximum absolute atomic E-state index is 18.2. The van der Waals surface area contributed by atoms with E-state index in [0.717, 1.165) is 48.7 Å². The molecular weight excluding hydrogens is 1760 g/mol. The number of halogens is 2. The van der Waals surface area contributed by atoms with Gasteiger partial charge in [0.1, 0.15) is 49.3 Å². The van der Waals surface area contributed by atoms with Gasteiger partial charge in [-0.05, 0) is 119 Å². The molecule has 2 unspecified atom stereocenters. The topological polar surface area (TPSA) is 509 Å². The Morgan fingerprint density at radius 3 is 2.04 bits per heavy atom. The van der Waals surface area contributed by atoms with Crippen molar-refractivity contribution in [2.24, 2.45) is 40.3 Å². The molecule has 135 heavy (non-hydrogen) atoms. The first-order chi connectivity index (χ1) is 65.0. The smallest absolute Gasteiger partial charge is 0.246 e. The van der Waals surface area contributed by atoms with Crippen molar-refractivity contribution in [3.05, 3.63) is 100 Å². The van der Waals surface area contributed by atoms with Gasteiger partial charge in [0.2, 0.25) is 35.4 Å². The number of likely N-dealkylation sites (N-methyl/N-ethyl adjacent to an activating group) is 1. The summed E-state index contributed by atoms with van der Waals surface area (Å²) in [5.74, 6) is -1.78. The molecule has 0 bridgehead atoms. The Labute approximate surface area is 787 Å². The summed E-state index contributed by atoms with van der Waals surface area (Å²) in [6, 6.07) is 12.8. The fourth-order valence-corrected chi connectivity index (χ4v) is 20.3. The molecule has 4 heterocycles. The van der Waals surface area contributed by atoms with Crippen molar-refractivity contribution in [3.8, 4) is 0 Å². The summed E-state index contributed by atoms with van der Waals surface area (Å²) in [5.41, 5.74) is 7.23. The lowest BCUT2D eigenvalue weighted by Crippen LogP contribution is -2.71. The molecule has 0 radical (unpaired) electrons. The van der Waals surface area contributed by atoms with Crippen LogP contribution in [0.5, 0.6) is 0 Å². The van der Waals surface area contributed by atoms with E-state index < -0.39 is 180 Å². The van der Waals surface area contributed by atoms with Gasteiger partial charge in [-0.3, -0.25) is 54.0 Å². The van der Waals surface area contributed by atoms with Crippen molar-refractivity contribution in [3.63, 3.8) is 0 Å². The SMILES string of the molecule is CCCC1O[C@@H]2C[C@H]3[C@@H]4C[C@H](F)C5=CC(=O)C=C[C@]5(C)[C@@]4(F)[C@@H](O)C[C@]3(C)[C@]2(C(=O)CNC(=O)[C@H](C)CC(=O)[C@@H](NC(=O)[C@@H](CCCCNC(=O)COC2CCCCCC3=C2NNN3[C@@H]2O[C@H](CO)[C@H](O)[C@H](O)[C@H]2O)NC(=O)CCOCCOCCOCCOCCNC(=O)CCC(=O)N2Cc3ccccc3/C(NCCOCCOCCOCCNC)=C(/NN)c3ccccc32)C(C)C)O1. The number of nitrogens with one attached hydrogen (secondary N) is 10. The van der Waals surface area contributed by atoms with E-state index in [9.17, 15) is 63.9 Å². The predicted octanol–water partition coefficient (Wildman–Crippen LogP) is 2.12. The van der Waals surface area contributed by atoms with Crippen LogP contribution in [-0.2, 0) is 102 Å². The molecule has 5 aliphatic carbocycles. The molecule has 40 heteroatoms. The van der Waals surface area contributed by atoms with Gasteiger partial charge in [-0.15, -0.1) is 5.53 Å². The minimum atomic E-state index is -2.44. The number of carbonyl (C=O) groups excluding carboxylic acids is 9. The highest BCUT2D eigenvalue weighted by molar-refractivity contribution is 6.03. The number of nitrogens with zero attached hydrogens (tertiary/aromatic N) is 2. The second-order valence-electron chi connectivity index (χ2n) is 36.8. The molecule has 17 N–H and O–H groups in total. The van der Waals surface area contributed by atoms with Crippen LogP contribution >= 0.6 is 0 Å². The number of aliphatic hydroxyl groups excluding tert-OH is 5. The molecule has 19 atom stereocenters. The van der Waals surface area contributed by atoms with Gasteiger partial charge in [0, 0.05) is 85.7 Å². The van der Waals surface area contributed by atoms with Gasteiger partial charge in [0.25, 0.3) is 0 Å². The van der Waals surface area contributed by atoms with Crippen molar-refractivity contribution < 1.29 is 130 Å². The molecule has 0 aromatic heterocycles. The zero-order valence-corrected chi connectivity index (χ0v) is 78.8. The van der Waals surface area contributed by atoms with Crippen LogP contribution in [-0.4, -0.2) is 314 Å². The number of ketones is 3. The minimum absolute atomic E-state index is 0.0433. The van der Waals surface area contributed by atoms with Gasteiger partial charge in [0.15, 0.2) is 41.1 Å². The van der Waals surface area contributed by atoms with Gasteiger partial charge in [-0.2, -0.15) is 0 Å². The fraction of sp³-hybridized carbons (Fsp3) is 0.695. The number of carbonyl (C=O) groups is 9. The quantitative estimate of drug-likeness (QED) is 0.0256. The maximum Gasteiger partial charge on any atom is 0.246 e. The van der Waals surface area contributed by atoms with Gasteiger partial charge in [-0.1, -0.05) is 102 Å². The van der Waals surface area contributed by atoms with Crippen molar-refractivity contribution in [2.45, 2.75) is 242 Å². The van der Waals surface area contributed by atoms with Crippen molar-refractivity contribution in [2.75, 3.05) is 150 Å². The summed E-state index contributed by atoms with van der Waals surface area (Å²) in [6.07, 6.45) is -5.51. The lowest BCUT2D eigenvalue weighted by Gasteiger charge is -2.63. The van der Waals surface area contributed by atoms with E-state index in [0.29, 0.717) is 107 Å². The maximum atomic E-state index is 18.2. The highest BCUT2D eigenvalue weighted by Crippen LogP contribution is 2.72. The Morgan fingerprint density at radius 2 is 1.36 bits per heavy atom. The highest BCUT2D eigenvalue weighted by atomic mass is 19.1. The Balaban J connectivity index is 0.611. The van der Waals surface area contributed by atoms with Crippen LogP contribution in [0.3, 0.4) is 0 Å². The van der Waals surface area contributed by atoms with Crippen molar-refractivity contribution in [1.29, 1.82) is 0 Å². The lowest BCUT2D eigenvalue weighted by molar-refractivity contribution is -0.266. The number of hydrogen-bond acceptors (Lipinski definition) is 32. The highest BCUT2D eigenvalue weighted by Gasteiger charge is 2.80. The summed E-state index contributed by atoms with van der Waals surface area (Å²) in [4.78, 5) is 127. The first-order valence-electron chi connectivity index (χ1n) is 47.8. The summed E-state index contributed by atoms with van der Waals surface area (Å²) >= 11 is 0. The first-order valence-corrected chi connectivity index (χ1v) is 47.8. The number of benzene rings is 2. The first kappa shape index (κ1) is 107. The van der Waals surface area contributed by atoms with Crippen LogP contribution in [0.1, 0.15) is 167 Å². The number of unbranched alkanes of at least 4 members (excludes halogenated alkanes) is 1. The molecule has 9 aliphatic rings. The molecule has 2 aromatic rings. The lowest BCUT2D eigenvalue weighted by atomic mass is 9.44. The summed E-state index contributed by atoms with van der Waals surface area (Å²) in [5, 5.41) is 76.0. The third-order valence-electron chi connectivity index (χ3n) is 27.4. The third kappa shape index (κ3) is 26.2. The summed E-state index contributed by atoms with van der Waals surface area (Å²) in [7, 11) is 1.87. The molecule has 2 saturated heterocycles. The summed E-state index contributed by atoms with van der Waals surface area (Å²) < 4.78 is 99.5. The molecular formula is C95H143F2N13O25. The number of amides is 6. The van der Waals surface area contributed by atoms with Gasteiger partial charge < -0.3 is 131 Å². The van der Waals surface area contributed by atoms with Gasteiger partial charge in [0.05, 0.1) is 159 Å². The minimum Gasteiger partial charge on any atom is -0.394 e. The zero-order chi connectivity index (χ0) is 97.0. The number of aliphatic hydroxyl groups is 5. The zero-order valence-electron chi connectivity index (χ0n) is 78.8. The fourth-order valence-electron chi connectivity index (χ4n) is 20.3. The van der Waals surface area contributed by atoms with E-state index >= 15 is 13.6 Å². The van der Waals surface area contributed by atoms with Gasteiger partial charge in [-0.25, -0.2) is 8.78 Å². The summed E-state index contributed by atoms with van der Waals surface area (Å²) in [6.45, 7) is 14.4. The van der Waals surface area contributed by atoms with Gasteiger partial charge >= 0.3 is 0 Å². The van der Waals surface area contributed by atoms with E-state index in [-0.39, 0.29) is 148 Å². The molecule has 6 amide bonds. The number of nitrogens with two attached hydrogens (primary N) is 1. The number of alkyl halides is 2. The van der Waals surface area contributed by atoms with Crippen LogP contribution in [0.2, 0.25) is 0 Å². The van der Waals surface area contributed by atoms with Crippen LogP contribution in [0.25, 0.3) is 11.4 Å². The average molecular weight is 1910 g/mol. The van der Waals surface area contributed by atoms with Crippen LogP contribution < -0.4 is 64.3 Å². The largest absolute Gasteiger partial charge is 0.394 e. The van der Waals surface area contributed by atoms with Crippen LogP contribution in [0.4, 0.5) is 14.5 Å². The molecule has 38 nitrogen and oxygen atoms in total. The number of hydrazine groups is 3. The molecule has 2 aromatic carbocycles. The molecule has 4 aliphatic heterocycles. The predicted molar refractivity (Wildman–Crippen MR) is 488 cm³/mol. The van der Waals surface area contributed by atoms with E-state index in [4.69, 9.17) is 57.9 Å². The van der Waals surface area contributed by atoms with E-state index in [2.05, 4.69) is 53.6 Å². The Bertz CT molecular complexity index is 4440. The monoisotopic (exact) mass is 1900 g/mol. The number of hydrogen-bond donors (Lipinski definition) is 16. The molecule has 752 valence electrons. The number of allylic oxidation sites excluding steroid dienone is 5. The average Bonchev–Trinajstić information content (AvgIpc) is 1.52. The number of fused-ring (bicyclic) bond motifs is 9. The Kier molecular flexibility index (Phi) is 40.8. The number of para-hydroxylation sites is 1. The molecule has 11 rings (SSSR count). The third-order valence-corrected chi connectivity index (χ3v) is 27.4. The molecule has 3 saturated carbocycles. The number of Topliss-reactive ketones (excluding diaryl/α,β-unsaturated/α-hetero) is 2. The van der Waals surface area contributed by atoms with Crippen molar-refractivity contribution in [1.82, 2.24) is 58.6 Å². The Morgan fingerprint density at radius 1 is 0.696 bits per heavy atom. The van der Waals surface area contributed by atoms with E-state index in [1.54, 1.807) is 25.7 Å². The molecule has 0 spiro atoms. The molecule has 5 fully saturated rings. The van der Waals surface area contributed by atoms with E-state index in [1.807, 2.05) is 62.5 Å². The standard InChI is InChI=1S/C95H143F2N13O25/c1-8-18-81-134-76-52-64-65-51-67(96)66-50-61(112)28-30-92(66,5)94(65,97)74(114)53-93(64,6)95(76,135-81)75(115)54-103-89(123)59(4)49-71(113)82(58(2)3)105-90(124)68(22-16-17-31-100-79(118)57-132-72-25-11-9-10-24-70-85(72)107-108-110(70)91-88(122)87(121)86(120)73(56-111)133-91)104-78(117)29-35-125-39-43-129-47-48-131-45-41-127-37-33-101-77(116)26-27-80(119)109-55-60-19-12-13-20-62(60)83(84(106-98)63-21-14-15-23-69(63)109)102-34-38-128-42-46-130-44-40-126-36-32-99-7/h12-15,19-21,23,28,30,50,58-59,64-65,67-68,72-74,76,81-82,86-88,91,99,102,106-108,111,114,120-122H,8-11,16-18,22,24-27,29,31-49,51-57,98H2,1-7H3,(H,100,118)(H,101,116)(H,103,123)(H,104,117)(H,105,124)/b84-83-/t59-,64+,65+,67+,68-,72?,73-,74+,76-,81?,82+,86+,87+,88-,91-,92+,93+,94+,95-/m1/s1. The number of ether oxygens (including phenoxy) is 11. The second kappa shape index (κ2) is 51.4. The van der Waals surface area contributed by atoms with E-state index in [1.165, 1.54) is 31.0 Å². The second-order valence-corrected chi connectivity index (χ2v) is 36.8. The normalized spacial score (nSPS) is 28.6.